The van der Waals surface area contributed by atoms with Crippen molar-refractivity contribution < 1.29 is 10.4 Å². The first-order valence-electron chi connectivity index (χ1n) is 3.16. The maximum atomic E-state index is 8.45. The molecular weight excluding hydrogens is 146 g/mol. The van der Waals surface area contributed by atoms with E-state index in [0.717, 1.165) is 0 Å². The van der Waals surface area contributed by atoms with Crippen molar-refractivity contribution in [1.29, 1.82) is 0 Å². The molecule has 0 aromatic heterocycles. The molecule has 0 aliphatic heterocycles. The monoisotopic (exact) mass is 159 g/mol. The predicted octanol–water partition coefficient (Wildman–Crippen LogP) is 0.228. The highest BCUT2D eigenvalue weighted by molar-refractivity contribution is 6.41. The van der Waals surface area contributed by atoms with Gasteiger partial charge in [0, 0.05) is 6.54 Å². The van der Waals surface area contributed by atoms with Crippen LogP contribution in [0.1, 0.15) is 6.92 Å². The molecule has 0 spiro atoms. The highest BCUT2D eigenvalue weighted by atomic mass is 16.4. The van der Waals surface area contributed by atoms with Gasteiger partial charge in [0.2, 0.25) is 0 Å². The summed E-state index contributed by atoms with van der Waals surface area (Å²) in [6, 6.07) is 0. The average molecular weight is 159 g/mol. The zero-order valence-corrected chi connectivity index (χ0v) is 6.94. The first-order valence-corrected chi connectivity index (χ1v) is 3.16. The van der Waals surface area contributed by atoms with Gasteiger partial charge in [0.15, 0.2) is 0 Å². The maximum Gasteiger partial charge on any atom is 0.118 e. The molecule has 0 amide bonds. The largest absolute Gasteiger partial charge is 0.411 e. The Labute approximate surface area is 65.6 Å². The molecule has 0 saturated heterocycles. The van der Waals surface area contributed by atoms with Crippen LogP contribution in [-0.4, -0.2) is 47.4 Å². The number of rotatable bonds is 3. The van der Waals surface area contributed by atoms with Crippen LogP contribution < -0.4 is 0 Å². The van der Waals surface area contributed by atoms with Crippen LogP contribution in [0.2, 0.25) is 0 Å². The summed E-state index contributed by atoms with van der Waals surface area (Å²) in [4.78, 5) is 1.81. The summed E-state index contributed by atoms with van der Waals surface area (Å²) < 4.78 is 0. The minimum absolute atomic E-state index is 0.321. The van der Waals surface area contributed by atoms with Crippen LogP contribution in [0, 0.1) is 0 Å². The molecule has 5 nitrogen and oxygen atoms in total. The van der Waals surface area contributed by atoms with Gasteiger partial charge in [-0.3, -0.25) is 0 Å². The molecule has 0 heterocycles. The van der Waals surface area contributed by atoms with E-state index in [4.69, 9.17) is 10.4 Å². The van der Waals surface area contributed by atoms with Gasteiger partial charge in [0.05, 0.1) is 0 Å². The number of nitrogens with zero attached hydrogens (tertiary/aromatic N) is 3. The van der Waals surface area contributed by atoms with E-state index in [1.807, 2.05) is 19.0 Å². The first kappa shape index (κ1) is 9.90. The second-order valence-corrected chi connectivity index (χ2v) is 2.47. The molecule has 5 heteroatoms. The minimum Gasteiger partial charge on any atom is -0.411 e. The van der Waals surface area contributed by atoms with Crippen LogP contribution in [-0.2, 0) is 0 Å². The molecule has 0 aliphatic carbocycles. The third-order valence-electron chi connectivity index (χ3n) is 1.15. The Balaban J connectivity index is 4.21. The van der Waals surface area contributed by atoms with Crippen LogP contribution in [0.4, 0.5) is 0 Å². The summed E-state index contributed by atoms with van der Waals surface area (Å²) in [5.74, 6) is 0. The van der Waals surface area contributed by atoms with Gasteiger partial charge in [-0.1, -0.05) is 10.3 Å². The van der Waals surface area contributed by atoms with E-state index < -0.39 is 0 Å². The molecule has 64 valence electrons. The first-order chi connectivity index (χ1) is 5.11. The highest BCUT2D eigenvalue weighted by Crippen LogP contribution is 1.86. The van der Waals surface area contributed by atoms with E-state index in [1.54, 1.807) is 6.92 Å². The Morgan fingerprint density at radius 2 is 1.82 bits per heavy atom. The molecule has 0 rings (SSSR count). The molecule has 0 bridgehead atoms. The summed E-state index contributed by atoms with van der Waals surface area (Å²) in [6.07, 6.45) is 0. The topological polar surface area (TPSA) is 68.4 Å². The van der Waals surface area contributed by atoms with Crippen molar-refractivity contribution in [3.8, 4) is 0 Å². The summed E-state index contributed by atoms with van der Waals surface area (Å²) in [5.41, 5.74) is 0.679. The Morgan fingerprint density at radius 1 is 1.27 bits per heavy atom. The van der Waals surface area contributed by atoms with Crippen LogP contribution in [0.5, 0.6) is 0 Å². The van der Waals surface area contributed by atoms with Crippen LogP contribution in [0.25, 0.3) is 0 Å². The lowest BCUT2D eigenvalue weighted by Crippen LogP contribution is -2.26. The van der Waals surface area contributed by atoms with Gasteiger partial charge >= 0.3 is 0 Å². The molecule has 0 radical (unpaired) electrons. The maximum absolute atomic E-state index is 8.45. The molecule has 0 aliphatic rings. The van der Waals surface area contributed by atoms with E-state index in [2.05, 4.69) is 10.3 Å². The standard InChI is InChI=1S/C6H13N3O2/c1-5(7-10)6(8-11)4-9(2)3/h10-11H,4H2,1-3H3/b7-5+,8-6-. The second-order valence-electron chi connectivity index (χ2n) is 2.47. The van der Waals surface area contributed by atoms with Gasteiger partial charge in [-0.05, 0) is 21.0 Å². The molecule has 11 heavy (non-hydrogen) atoms. The smallest absolute Gasteiger partial charge is 0.118 e. The van der Waals surface area contributed by atoms with Gasteiger partial charge in [-0.15, -0.1) is 0 Å². The lowest BCUT2D eigenvalue weighted by molar-refractivity contribution is 0.310. The molecule has 2 N–H and O–H groups in total. The summed E-state index contributed by atoms with van der Waals surface area (Å²) in [6.45, 7) is 2.02. The zero-order valence-electron chi connectivity index (χ0n) is 6.94. The Kier molecular flexibility index (Phi) is 4.21. The molecule has 0 unspecified atom stereocenters. The SMILES string of the molecule is CC(=N\O)/C(CN(C)C)=N\O. The van der Waals surface area contributed by atoms with Crippen molar-refractivity contribution in [2.45, 2.75) is 6.92 Å². The van der Waals surface area contributed by atoms with Crippen molar-refractivity contribution in [3.05, 3.63) is 0 Å². The number of hydrogen-bond acceptors (Lipinski definition) is 5. The normalized spacial score (nSPS) is 14.2. The van der Waals surface area contributed by atoms with Crippen LogP contribution >= 0.6 is 0 Å². The van der Waals surface area contributed by atoms with Crippen molar-refractivity contribution in [3.63, 3.8) is 0 Å². The van der Waals surface area contributed by atoms with E-state index in [0.29, 0.717) is 18.0 Å². The highest BCUT2D eigenvalue weighted by Gasteiger charge is 2.05. The summed E-state index contributed by atoms with van der Waals surface area (Å²) in [5, 5.41) is 22.7. The van der Waals surface area contributed by atoms with E-state index in [-0.39, 0.29) is 0 Å². The van der Waals surface area contributed by atoms with Crippen molar-refractivity contribution in [2.75, 3.05) is 20.6 Å². The third kappa shape index (κ3) is 3.57. The van der Waals surface area contributed by atoms with Gasteiger partial charge < -0.3 is 15.3 Å². The third-order valence-corrected chi connectivity index (χ3v) is 1.15. The molecule has 0 fully saturated rings. The number of oxime groups is 2. The minimum atomic E-state index is 0.321. The quantitative estimate of drug-likeness (QED) is 0.352. The van der Waals surface area contributed by atoms with Gasteiger partial charge in [-0.25, -0.2) is 0 Å². The van der Waals surface area contributed by atoms with Crippen molar-refractivity contribution >= 4 is 11.4 Å². The van der Waals surface area contributed by atoms with E-state index >= 15 is 0 Å². The zero-order chi connectivity index (χ0) is 8.85. The van der Waals surface area contributed by atoms with Crippen molar-refractivity contribution in [1.82, 2.24) is 4.90 Å². The summed E-state index contributed by atoms with van der Waals surface area (Å²) in [7, 11) is 3.66. The summed E-state index contributed by atoms with van der Waals surface area (Å²) >= 11 is 0. The lowest BCUT2D eigenvalue weighted by atomic mass is 10.2. The van der Waals surface area contributed by atoms with Crippen LogP contribution in [0.3, 0.4) is 0 Å². The fourth-order valence-corrected chi connectivity index (χ4v) is 0.576. The second kappa shape index (κ2) is 4.68. The molecule has 0 saturated carbocycles. The van der Waals surface area contributed by atoms with Gasteiger partial charge in [0.1, 0.15) is 11.4 Å². The lowest BCUT2D eigenvalue weighted by Gasteiger charge is -2.08. The fourth-order valence-electron chi connectivity index (χ4n) is 0.576. The molecule has 0 aromatic carbocycles. The van der Waals surface area contributed by atoms with E-state index in [9.17, 15) is 0 Å². The Bertz CT molecular complexity index is 175. The predicted molar refractivity (Wildman–Crippen MR) is 42.7 cm³/mol. The molecular formula is C6H13N3O2. The Hall–Kier alpha value is -1.10. The van der Waals surface area contributed by atoms with Gasteiger partial charge in [-0.2, -0.15) is 0 Å². The number of hydrogen-bond donors (Lipinski definition) is 2. The molecule has 0 aromatic rings. The fraction of sp³-hybridized carbons (Fsp3) is 0.667. The van der Waals surface area contributed by atoms with E-state index in [1.165, 1.54) is 0 Å². The van der Waals surface area contributed by atoms with Gasteiger partial charge in [0.25, 0.3) is 0 Å². The Morgan fingerprint density at radius 3 is 2.09 bits per heavy atom. The average Bonchev–Trinajstić information content (AvgIpc) is 1.98. The molecule has 0 atom stereocenters. The van der Waals surface area contributed by atoms with Crippen LogP contribution in [0.15, 0.2) is 10.3 Å². The van der Waals surface area contributed by atoms with Crippen molar-refractivity contribution in [2.24, 2.45) is 10.3 Å².